The Morgan fingerprint density at radius 2 is 1.92 bits per heavy atom. The van der Waals surface area contributed by atoms with Crippen molar-refractivity contribution in [2.75, 3.05) is 6.54 Å². The van der Waals surface area contributed by atoms with Crippen LogP contribution in [0.3, 0.4) is 0 Å². The van der Waals surface area contributed by atoms with Crippen LogP contribution in [-0.2, 0) is 15.0 Å². The van der Waals surface area contributed by atoms with Crippen molar-refractivity contribution in [3.05, 3.63) is 71.4 Å². The van der Waals surface area contributed by atoms with E-state index in [9.17, 15) is 14.7 Å². The summed E-state index contributed by atoms with van der Waals surface area (Å²) in [6.07, 6.45) is 1.84. The van der Waals surface area contributed by atoms with E-state index in [2.05, 4.69) is 15.1 Å². The first-order chi connectivity index (χ1) is 18.1. The normalized spacial score (nSPS) is 24.2. The number of β-amino-alcohol motifs (C(OH)–C–C–N with tert-alkyl or cyclic N) is 1. The van der Waals surface area contributed by atoms with E-state index in [1.165, 1.54) is 0 Å². The molecule has 8 nitrogen and oxygen atoms in total. The molecule has 1 saturated heterocycles. The molecule has 0 aliphatic carbocycles. The average molecular weight is 515 g/mol. The molecule has 1 aromatic carbocycles. The van der Waals surface area contributed by atoms with E-state index < -0.39 is 23.5 Å². The van der Waals surface area contributed by atoms with Crippen LogP contribution in [0.25, 0.3) is 11.1 Å². The van der Waals surface area contributed by atoms with E-state index in [0.717, 1.165) is 22.4 Å². The van der Waals surface area contributed by atoms with Crippen LogP contribution in [0.1, 0.15) is 62.2 Å². The number of carbonyl (C=O) groups excluding carboxylic acids is 2. The zero-order valence-corrected chi connectivity index (χ0v) is 22.5. The lowest BCUT2D eigenvalue weighted by Crippen LogP contribution is -2.44. The van der Waals surface area contributed by atoms with E-state index in [0.29, 0.717) is 30.0 Å². The van der Waals surface area contributed by atoms with Crippen LogP contribution in [-0.4, -0.2) is 56.4 Å². The fourth-order valence-corrected chi connectivity index (χ4v) is 5.77. The molecular formula is C30H34N4O4. The van der Waals surface area contributed by atoms with E-state index >= 15 is 0 Å². The number of pyridine rings is 1. The minimum Gasteiger partial charge on any atom is -0.391 e. The van der Waals surface area contributed by atoms with E-state index in [-0.39, 0.29) is 24.3 Å². The highest BCUT2D eigenvalue weighted by atomic mass is 16.5. The van der Waals surface area contributed by atoms with Gasteiger partial charge in [0.2, 0.25) is 5.91 Å². The summed E-state index contributed by atoms with van der Waals surface area (Å²) in [6, 6.07) is 13.3. The number of amides is 2. The number of aromatic nitrogens is 2. The molecule has 38 heavy (non-hydrogen) atoms. The minimum atomic E-state index is -0.834. The van der Waals surface area contributed by atoms with Gasteiger partial charge in [0.25, 0.3) is 5.91 Å². The number of nitrogens with zero attached hydrogens (tertiary/aromatic N) is 4. The second kappa shape index (κ2) is 9.91. The van der Waals surface area contributed by atoms with Gasteiger partial charge in [0.05, 0.1) is 23.3 Å². The molecule has 0 spiro atoms. The van der Waals surface area contributed by atoms with Gasteiger partial charge in [0.15, 0.2) is 0 Å². The number of aliphatic hydroxyl groups is 1. The van der Waals surface area contributed by atoms with Crippen LogP contribution < -0.4 is 0 Å². The first-order valence-corrected chi connectivity index (χ1v) is 13.1. The Balaban J connectivity index is 1.39. The van der Waals surface area contributed by atoms with Gasteiger partial charge in [-0.1, -0.05) is 49.3 Å². The fraction of sp³-hybridized carbons (Fsp3) is 0.433. The third-order valence-electron chi connectivity index (χ3n) is 7.92. The van der Waals surface area contributed by atoms with Crippen LogP contribution in [0.15, 0.2) is 58.2 Å². The highest BCUT2D eigenvalue weighted by molar-refractivity contribution is 6.11. The standard InChI is InChI=1S/C30H34N4O4/c1-17(2)27(26-13-18(3)33-38-26)28(36)34-16-22(35)14-25(34)24-15-30(5,29(37)32-24)21-10-8-20(9-11-21)23-7-6-12-31-19(23)4/h6-13,17,22,25,27,35H,14-16H2,1-5H3/t22-,25?,27?,30?/m1/s1. The summed E-state index contributed by atoms with van der Waals surface area (Å²) < 4.78 is 5.46. The summed E-state index contributed by atoms with van der Waals surface area (Å²) in [6.45, 7) is 9.83. The van der Waals surface area contributed by atoms with E-state index in [4.69, 9.17) is 4.52 Å². The lowest BCUT2D eigenvalue weighted by molar-refractivity contribution is -0.134. The number of aliphatic imine (C=N–C) groups is 1. The number of benzene rings is 1. The monoisotopic (exact) mass is 514 g/mol. The first kappa shape index (κ1) is 26.0. The van der Waals surface area contributed by atoms with E-state index in [1.54, 1.807) is 17.2 Å². The molecule has 2 amide bonds. The second-order valence-electron chi connectivity index (χ2n) is 11.1. The van der Waals surface area contributed by atoms with Gasteiger partial charge in [-0.25, -0.2) is 4.99 Å². The molecular weight excluding hydrogens is 480 g/mol. The number of hydrogen-bond donors (Lipinski definition) is 1. The second-order valence-corrected chi connectivity index (χ2v) is 11.1. The van der Waals surface area contributed by atoms with Crippen LogP contribution in [0, 0.1) is 19.8 Å². The summed E-state index contributed by atoms with van der Waals surface area (Å²) in [5, 5.41) is 14.5. The number of carbonyl (C=O) groups is 2. The van der Waals surface area contributed by atoms with Crippen LogP contribution in [0.2, 0.25) is 0 Å². The Kier molecular flexibility index (Phi) is 6.77. The van der Waals surface area contributed by atoms with Gasteiger partial charge >= 0.3 is 0 Å². The molecule has 0 saturated carbocycles. The van der Waals surface area contributed by atoms with Gasteiger partial charge in [0.1, 0.15) is 11.7 Å². The lowest BCUT2D eigenvalue weighted by Gasteiger charge is -2.30. The smallest absolute Gasteiger partial charge is 0.256 e. The summed E-state index contributed by atoms with van der Waals surface area (Å²) in [7, 11) is 0. The van der Waals surface area contributed by atoms with Crippen molar-refractivity contribution in [1.82, 2.24) is 15.0 Å². The molecule has 4 atom stereocenters. The summed E-state index contributed by atoms with van der Waals surface area (Å²) >= 11 is 0. The summed E-state index contributed by atoms with van der Waals surface area (Å²) in [5.74, 6) is -0.416. The van der Waals surface area contributed by atoms with Crippen molar-refractivity contribution < 1.29 is 19.2 Å². The molecule has 2 aliphatic rings. The van der Waals surface area contributed by atoms with Crippen molar-refractivity contribution in [2.45, 2.75) is 70.9 Å². The zero-order chi connectivity index (χ0) is 27.2. The molecule has 0 bridgehead atoms. The number of likely N-dealkylation sites (tertiary alicyclic amines) is 1. The summed E-state index contributed by atoms with van der Waals surface area (Å²) in [5.41, 5.74) is 4.43. The quantitative estimate of drug-likeness (QED) is 0.523. The number of aliphatic hydroxyl groups excluding tert-OH is 1. The summed E-state index contributed by atoms with van der Waals surface area (Å²) in [4.78, 5) is 37.6. The van der Waals surface area contributed by atoms with Gasteiger partial charge in [-0.05, 0) is 43.9 Å². The Morgan fingerprint density at radius 3 is 2.55 bits per heavy atom. The van der Waals surface area contributed by atoms with Gasteiger partial charge < -0.3 is 14.5 Å². The molecule has 2 aromatic heterocycles. The van der Waals surface area contributed by atoms with Gasteiger partial charge in [0, 0.05) is 48.6 Å². The molecule has 198 valence electrons. The highest BCUT2D eigenvalue weighted by Crippen LogP contribution is 2.39. The molecule has 1 fully saturated rings. The van der Waals surface area contributed by atoms with Crippen molar-refractivity contribution in [3.63, 3.8) is 0 Å². The van der Waals surface area contributed by atoms with Crippen LogP contribution in [0.4, 0.5) is 0 Å². The average Bonchev–Trinajstić information content (AvgIpc) is 3.57. The molecule has 3 unspecified atom stereocenters. The van der Waals surface area contributed by atoms with Crippen molar-refractivity contribution in [3.8, 4) is 11.1 Å². The molecule has 2 aliphatic heterocycles. The molecule has 3 aromatic rings. The Morgan fingerprint density at radius 1 is 1.18 bits per heavy atom. The van der Waals surface area contributed by atoms with Crippen LogP contribution >= 0.6 is 0 Å². The predicted molar refractivity (Wildman–Crippen MR) is 144 cm³/mol. The van der Waals surface area contributed by atoms with E-state index in [1.807, 2.05) is 71.0 Å². The SMILES string of the molecule is Cc1cc(C(C(=O)N2C[C@H](O)CC2C2=NC(=O)C(C)(c3ccc(-c4cccnc4C)cc3)C2)C(C)C)on1. The van der Waals surface area contributed by atoms with Gasteiger partial charge in [-0.3, -0.25) is 14.6 Å². The molecule has 5 rings (SSSR count). The Hall–Kier alpha value is -3.65. The predicted octanol–water partition coefficient (Wildman–Crippen LogP) is 4.38. The third kappa shape index (κ3) is 4.58. The maximum absolute atomic E-state index is 13.8. The largest absolute Gasteiger partial charge is 0.391 e. The molecule has 4 heterocycles. The maximum atomic E-state index is 13.8. The number of hydrogen-bond acceptors (Lipinski definition) is 6. The molecule has 1 N–H and O–H groups in total. The number of aryl methyl sites for hydroxylation is 2. The topological polar surface area (TPSA) is 109 Å². The van der Waals surface area contributed by atoms with Gasteiger partial charge in [-0.15, -0.1) is 0 Å². The first-order valence-electron chi connectivity index (χ1n) is 13.1. The molecule has 8 heteroatoms. The minimum absolute atomic E-state index is 0.0346. The van der Waals surface area contributed by atoms with Crippen molar-refractivity contribution >= 4 is 17.5 Å². The zero-order valence-electron chi connectivity index (χ0n) is 22.5. The van der Waals surface area contributed by atoms with Crippen molar-refractivity contribution in [2.24, 2.45) is 10.9 Å². The highest BCUT2D eigenvalue weighted by Gasteiger charge is 2.48. The van der Waals surface area contributed by atoms with Crippen molar-refractivity contribution in [1.29, 1.82) is 0 Å². The Labute approximate surface area is 222 Å². The fourth-order valence-electron chi connectivity index (χ4n) is 5.77. The maximum Gasteiger partial charge on any atom is 0.256 e. The van der Waals surface area contributed by atoms with Crippen LogP contribution in [0.5, 0.6) is 0 Å². The third-order valence-corrected chi connectivity index (χ3v) is 7.92. The number of rotatable bonds is 6. The van der Waals surface area contributed by atoms with Gasteiger partial charge in [-0.2, -0.15) is 0 Å². The Bertz CT molecular complexity index is 1390. The lowest BCUT2D eigenvalue weighted by atomic mass is 9.78. The molecule has 0 radical (unpaired) electrons.